The van der Waals surface area contributed by atoms with E-state index in [1.165, 1.54) is 23.1 Å². The maximum Gasteiger partial charge on any atom is 0.252 e. The Morgan fingerprint density at radius 2 is 1.75 bits per heavy atom. The molecule has 2 aromatic rings. The molecule has 24 heavy (non-hydrogen) atoms. The highest BCUT2D eigenvalue weighted by Crippen LogP contribution is 2.27. The Morgan fingerprint density at radius 1 is 1.12 bits per heavy atom. The monoisotopic (exact) mass is 346 g/mol. The van der Waals surface area contributed by atoms with Crippen molar-refractivity contribution in [3.05, 3.63) is 76.6 Å². The number of halogens is 2. The molecule has 1 amide bonds. The van der Waals surface area contributed by atoms with Crippen molar-refractivity contribution in [1.82, 2.24) is 9.80 Å². The van der Waals surface area contributed by atoms with Gasteiger partial charge in [0.25, 0.3) is 5.91 Å². The van der Waals surface area contributed by atoms with Crippen LogP contribution < -0.4 is 0 Å². The molecule has 0 saturated heterocycles. The number of aliphatic hydroxyl groups is 1. The van der Waals surface area contributed by atoms with Crippen LogP contribution in [0.3, 0.4) is 0 Å². The molecule has 1 aliphatic rings. The third-order valence-electron chi connectivity index (χ3n) is 3.95. The molecule has 6 heteroatoms. The second-order valence-corrected chi connectivity index (χ2v) is 6.02. The molecule has 0 aromatic heterocycles. The third kappa shape index (κ3) is 3.27. The first-order chi connectivity index (χ1) is 11.5. The van der Waals surface area contributed by atoms with E-state index in [0.29, 0.717) is 16.3 Å². The highest BCUT2D eigenvalue weighted by Gasteiger charge is 2.31. The molecule has 2 aromatic carbocycles. The Bertz CT molecular complexity index is 775. The van der Waals surface area contributed by atoms with Crippen LogP contribution in [0.1, 0.15) is 11.1 Å². The van der Waals surface area contributed by atoms with E-state index in [1.807, 2.05) is 12.1 Å². The lowest BCUT2D eigenvalue weighted by atomic mass is 10.1. The molecular formula is C18H16ClFN2O2. The lowest BCUT2D eigenvalue weighted by Crippen LogP contribution is -2.51. The molecule has 1 atom stereocenters. The van der Waals surface area contributed by atoms with E-state index in [2.05, 4.69) is 0 Å². The summed E-state index contributed by atoms with van der Waals surface area (Å²) in [6.45, 7) is 0.259. The minimum absolute atomic E-state index is 0.259. The Hall–Kier alpha value is -2.37. The fourth-order valence-electron chi connectivity index (χ4n) is 2.60. The van der Waals surface area contributed by atoms with E-state index in [1.54, 1.807) is 36.2 Å². The zero-order chi connectivity index (χ0) is 17.3. The van der Waals surface area contributed by atoms with Gasteiger partial charge in [0.05, 0.1) is 12.2 Å². The normalized spacial score (nSPS) is 17.9. The number of nitrogens with zero attached hydrogens (tertiary/aromatic N) is 2. The van der Waals surface area contributed by atoms with E-state index in [4.69, 9.17) is 11.6 Å². The standard InChI is InChI=1S/C18H16ClFN2O2/c1-21-16(13-4-8-15(20)9-5-13)10-17(23)22(18(21)24)11-12-2-6-14(19)7-3-12/h2-10,18,24H,11H2,1H3. The Kier molecular flexibility index (Phi) is 4.55. The van der Waals surface area contributed by atoms with E-state index in [0.717, 1.165) is 5.56 Å². The quantitative estimate of drug-likeness (QED) is 0.929. The van der Waals surface area contributed by atoms with Gasteiger partial charge < -0.3 is 10.0 Å². The summed E-state index contributed by atoms with van der Waals surface area (Å²) in [5, 5.41) is 11.1. The molecule has 3 rings (SSSR count). The predicted molar refractivity (Wildman–Crippen MR) is 90.1 cm³/mol. The van der Waals surface area contributed by atoms with Gasteiger partial charge in [0.1, 0.15) is 5.82 Å². The molecular weight excluding hydrogens is 331 g/mol. The van der Waals surface area contributed by atoms with Crippen LogP contribution in [-0.4, -0.2) is 34.2 Å². The topological polar surface area (TPSA) is 43.8 Å². The van der Waals surface area contributed by atoms with Crippen molar-refractivity contribution in [1.29, 1.82) is 0 Å². The van der Waals surface area contributed by atoms with Crippen LogP contribution in [0.4, 0.5) is 4.39 Å². The SMILES string of the molecule is CN1C(c2ccc(F)cc2)=CC(=O)N(Cc2ccc(Cl)cc2)C1O. The molecule has 1 aliphatic heterocycles. The lowest BCUT2D eigenvalue weighted by Gasteiger charge is -2.39. The van der Waals surface area contributed by atoms with Crippen LogP contribution in [0.5, 0.6) is 0 Å². The largest absolute Gasteiger partial charge is 0.356 e. The molecule has 0 fully saturated rings. The van der Waals surface area contributed by atoms with E-state index in [-0.39, 0.29) is 18.3 Å². The Labute approximate surface area is 144 Å². The second kappa shape index (κ2) is 6.63. The second-order valence-electron chi connectivity index (χ2n) is 5.59. The molecule has 0 saturated carbocycles. The van der Waals surface area contributed by atoms with Crippen LogP contribution in [-0.2, 0) is 11.3 Å². The van der Waals surface area contributed by atoms with Crippen molar-refractivity contribution in [3.63, 3.8) is 0 Å². The number of rotatable bonds is 3. The minimum atomic E-state index is -1.11. The number of aliphatic hydroxyl groups excluding tert-OH is 1. The molecule has 0 spiro atoms. The Morgan fingerprint density at radius 3 is 2.38 bits per heavy atom. The summed E-state index contributed by atoms with van der Waals surface area (Å²) in [5.74, 6) is -0.663. The maximum absolute atomic E-state index is 13.1. The highest BCUT2D eigenvalue weighted by atomic mass is 35.5. The van der Waals surface area contributed by atoms with Gasteiger partial charge in [-0.15, -0.1) is 0 Å². The van der Waals surface area contributed by atoms with Crippen molar-refractivity contribution in [3.8, 4) is 0 Å². The molecule has 0 aliphatic carbocycles. The van der Waals surface area contributed by atoms with Gasteiger partial charge in [-0.2, -0.15) is 0 Å². The summed E-state index contributed by atoms with van der Waals surface area (Å²) in [4.78, 5) is 15.4. The first kappa shape index (κ1) is 16.5. The summed E-state index contributed by atoms with van der Waals surface area (Å²) in [7, 11) is 1.68. The van der Waals surface area contributed by atoms with Crippen molar-refractivity contribution in [2.45, 2.75) is 12.9 Å². The van der Waals surface area contributed by atoms with Crippen LogP contribution in [0.2, 0.25) is 5.02 Å². The van der Waals surface area contributed by atoms with Crippen molar-refractivity contribution in [2.75, 3.05) is 7.05 Å². The number of hydrogen-bond donors (Lipinski definition) is 1. The van der Waals surface area contributed by atoms with Crippen LogP contribution in [0, 0.1) is 5.82 Å². The van der Waals surface area contributed by atoms with Gasteiger partial charge in [0.15, 0.2) is 0 Å². The summed E-state index contributed by atoms with van der Waals surface area (Å²) in [6, 6.07) is 12.9. The van der Waals surface area contributed by atoms with Gasteiger partial charge in [0, 0.05) is 18.1 Å². The molecule has 124 valence electrons. The average molecular weight is 347 g/mol. The number of hydrogen-bond acceptors (Lipinski definition) is 3. The van der Waals surface area contributed by atoms with Gasteiger partial charge in [-0.3, -0.25) is 9.69 Å². The van der Waals surface area contributed by atoms with Gasteiger partial charge in [-0.25, -0.2) is 4.39 Å². The van der Waals surface area contributed by atoms with Crippen LogP contribution in [0.15, 0.2) is 54.6 Å². The fraction of sp³-hybridized carbons (Fsp3) is 0.167. The van der Waals surface area contributed by atoms with Gasteiger partial charge in [-0.05, 0) is 47.5 Å². The molecule has 0 bridgehead atoms. The van der Waals surface area contributed by atoms with Gasteiger partial charge in [-0.1, -0.05) is 23.7 Å². The molecule has 1 heterocycles. The van der Waals surface area contributed by atoms with Gasteiger partial charge in [0.2, 0.25) is 6.35 Å². The maximum atomic E-state index is 13.1. The molecule has 1 N–H and O–H groups in total. The van der Waals surface area contributed by atoms with Crippen molar-refractivity contribution < 1.29 is 14.3 Å². The van der Waals surface area contributed by atoms with E-state index in [9.17, 15) is 14.3 Å². The van der Waals surface area contributed by atoms with Gasteiger partial charge >= 0.3 is 0 Å². The van der Waals surface area contributed by atoms with Crippen molar-refractivity contribution >= 4 is 23.2 Å². The number of benzene rings is 2. The summed E-state index contributed by atoms with van der Waals surface area (Å²) < 4.78 is 13.1. The number of carbonyl (C=O) groups is 1. The zero-order valence-electron chi connectivity index (χ0n) is 13.0. The number of carbonyl (C=O) groups excluding carboxylic acids is 1. The van der Waals surface area contributed by atoms with E-state index < -0.39 is 6.35 Å². The van der Waals surface area contributed by atoms with E-state index >= 15 is 0 Å². The van der Waals surface area contributed by atoms with Crippen LogP contribution in [0.25, 0.3) is 5.70 Å². The first-order valence-electron chi connectivity index (χ1n) is 7.39. The van der Waals surface area contributed by atoms with Crippen molar-refractivity contribution in [2.24, 2.45) is 0 Å². The predicted octanol–water partition coefficient (Wildman–Crippen LogP) is 3.07. The molecule has 4 nitrogen and oxygen atoms in total. The zero-order valence-corrected chi connectivity index (χ0v) is 13.7. The number of amides is 1. The highest BCUT2D eigenvalue weighted by molar-refractivity contribution is 6.30. The summed E-state index contributed by atoms with van der Waals surface area (Å²) in [5.41, 5.74) is 2.07. The minimum Gasteiger partial charge on any atom is -0.356 e. The molecule has 0 radical (unpaired) electrons. The third-order valence-corrected chi connectivity index (χ3v) is 4.21. The fourth-order valence-corrected chi connectivity index (χ4v) is 2.73. The lowest BCUT2D eigenvalue weighted by molar-refractivity contribution is -0.150. The Balaban J connectivity index is 1.86. The van der Waals surface area contributed by atoms with Crippen LogP contribution >= 0.6 is 11.6 Å². The summed E-state index contributed by atoms with van der Waals surface area (Å²) in [6.07, 6.45) is 0.328. The smallest absolute Gasteiger partial charge is 0.252 e. The first-order valence-corrected chi connectivity index (χ1v) is 7.77. The molecule has 1 unspecified atom stereocenters. The average Bonchev–Trinajstić information content (AvgIpc) is 2.57. The summed E-state index contributed by atoms with van der Waals surface area (Å²) >= 11 is 5.86.